The van der Waals surface area contributed by atoms with Gasteiger partial charge in [0.2, 0.25) is 0 Å². The van der Waals surface area contributed by atoms with Crippen molar-refractivity contribution in [2.75, 3.05) is 13.1 Å². The van der Waals surface area contributed by atoms with Crippen LogP contribution in [0.2, 0.25) is 0 Å². The maximum Gasteiger partial charge on any atom is 0.404 e. The van der Waals surface area contributed by atoms with Gasteiger partial charge < -0.3 is 10.4 Å². The van der Waals surface area contributed by atoms with Gasteiger partial charge in [0.05, 0.1) is 12.2 Å². The van der Waals surface area contributed by atoms with Crippen LogP contribution in [0.1, 0.15) is 17.0 Å². The molecule has 1 amide bonds. The Balaban J connectivity index is 1.74. The van der Waals surface area contributed by atoms with Crippen molar-refractivity contribution < 1.29 is 9.90 Å². The van der Waals surface area contributed by atoms with E-state index in [2.05, 4.69) is 27.4 Å². The van der Waals surface area contributed by atoms with E-state index in [1.165, 1.54) is 5.56 Å². The zero-order chi connectivity index (χ0) is 15.5. The summed E-state index contributed by atoms with van der Waals surface area (Å²) >= 11 is 0. The Labute approximate surface area is 129 Å². The molecule has 0 radical (unpaired) electrons. The quantitative estimate of drug-likeness (QED) is 0.901. The molecule has 6 nitrogen and oxygen atoms in total. The van der Waals surface area contributed by atoms with Crippen LogP contribution in [-0.4, -0.2) is 45.0 Å². The molecule has 2 aromatic rings. The van der Waals surface area contributed by atoms with E-state index >= 15 is 0 Å². The van der Waals surface area contributed by atoms with Crippen molar-refractivity contribution in [2.24, 2.45) is 7.05 Å². The number of hydrogen-bond acceptors (Lipinski definition) is 3. The van der Waals surface area contributed by atoms with E-state index in [1.54, 1.807) is 4.68 Å². The first-order valence-electron chi connectivity index (χ1n) is 7.36. The van der Waals surface area contributed by atoms with Gasteiger partial charge in [-0.1, -0.05) is 30.3 Å². The maximum atomic E-state index is 11.1. The largest absolute Gasteiger partial charge is 0.465 e. The van der Waals surface area contributed by atoms with Gasteiger partial charge in [0, 0.05) is 38.8 Å². The molecule has 1 aromatic heterocycles. The normalized spacial score (nSPS) is 21.9. The fourth-order valence-electron chi connectivity index (χ4n) is 3.13. The zero-order valence-electron chi connectivity index (χ0n) is 12.5. The van der Waals surface area contributed by atoms with E-state index < -0.39 is 6.09 Å². The molecule has 0 unspecified atom stereocenters. The molecule has 1 aliphatic heterocycles. The molecule has 1 aromatic carbocycles. The molecular weight excluding hydrogens is 280 g/mol. The molecule has 2 atom stereocenters. The molecule has 2 heterocycles. The summed E-state index contributed by atoms with van der Waals surface area (Å²) in [4.78, 5) is 13.3. The van der Waals surface area contributed by atoms with E-state index in [-0.39, 0.29) is 12.0 Å². The van der Waals surface area contributed by atoms with Crippen LogP contribution in [-0.2, 0) is 13.6 Å². The highest BCUT2D eigenvalue weighted by atomic mass is 16.4. The second kappa shape index (κ2) is 6.19. The number of hydrogen-bond donors (Lipinski definition) is 2. The number of carboxylic acid groups (broad SMARTS) is 1. The number of benzene rings is 1. The summed E-state index contributed by atoms with van der Waals surface area (Å²) in [5.41, 5.74) is 2.32. The SMILES string of the molecule is Cn1cc([C@@H]2CN(Cc3ccccc3)C[C@H]2NC(=O)O)cn1. The number of amides is 1. The third-order valence-corrected chi connectivity index (χ3v) is 4.11. The summed E-state index contributed by atoms with van der Waals surface area (Å²) in [5, 5.41) is 15.9. The van der Waals surface area contributed by atoms with Crippen molar-refractivity contribution in [3.05, 3.63) is 53.9 Å². The predicted molar refractivity (Wildman–Crippen MR) is 82.6 cm³/mol. The summed E-state index contributed by atoms with van der Waals surface area (Å²) < 4.78 is 1.76. The molecule has 0 spiro atoms. The molecule has 1 aliphatic rings. The summed E-state index contributed by atoms with van der Waals surface area (Å²) in [6.07, 6.45) is 2.82. The Kier molecular flexibility index (Phi) is 4.11. The van der Waals surface area contributed by atoms with Crippen LogP contribution in [0.5, 0.6) is 0 Å². The molecule has 2 N–H and O–H groups in total. The first-order valence-corrected chi connectivity index (χ1v) is 7.36. The topological polar surface area (TPSA) is 70.4 Å². The minimum absolute atomic E-state index is 0.106. The van der Waals surface area contributed by atoms with Gasteiger partial charge in [0.1, 0.15) is 0 Å². The second-order valence-electron chi connectivity index (χ2n) is 5.79. The van der Waals surface area contributed by atoms with Crippen LogP contribution in [0.25, 0.3) is 0 Å². The lowest BCUT2D eigenvalue weighted by Crippen LogP contribution is -2.38. The predicted octanol–water partition coefficient (Wildman–Crippen LogP) is 1.66. The molecule has 6 heteroatoms. The van der Waals surface area contributed by atoms with Gasteiger partial charge >= 0.3 is 6.09 Å². The lowest BCUT2D eigenvalue weighted by atomic mass is 9.97. The Morgan fingerprint density at radius 2 is 2.14 bits per heavy atom. The van der Waals surface area contributed by atoms with Crippen molar-refractivity contribution in [3.8, 4) is 0 Å². The monoisotopic (exact) mass is 300 g/mol. The Hall–Kier alpha value is -2.34. The van der Waals surface area contributed by atoms with E-state index in [1.807, 2.05) is 37.6 Å². The highest BCUT2D eigenvalue weighted by molar-refractivity contribution is 5.65. The van der Waals surface area contributed by atoms with Crippen molar-refractivity contribution >= 4 is 6.09 Å². The highest BCUT2D eigenvalue weighted by Gasteiger charge is 2.35. The van der Waals surface area contributed by atoms with Crippen LogP contribution in [0, 0.1) is 0 Å². The molecule has 3 rings (SSSR count). The van der Waals surface area contributed by atoms with Crippen LogP contribution >= 0.6 is 0 Å². The van der Waals surface area contributed by atoms with E-state index in [9.17, 15) is 4.79 Å². The molecule has 0 bridgehead atoms. The van der Waals surface area contributed by atoms with E-state index in [0.717, 1.165) is 18.7 Å². The molecule has 1 saturated heterocycles. The highest BCUT2D eigenvalue weighted by Crippen LogP contribution is 2.28. The van der Waals surface area contributed by atoms with Crippen molar-refractivity contribution in [3.63, 3.8) is 0 Å². The van der Waals surface area contributed by atoms with Crippen LogP contribution in [0.15, 0.2) is 42.7 Å². The van der Waals surface area contributed by atoms with Gasteiger partial charge in [-0.05, 0) is 11.1 Å². The van der Waals surface area contributed by atoms with Crippen molar-refractivity contribution in [2.45, 2.75) is 18.5 Å². The van der Waals surface area contributed by atoms with Gasteiger partial charge in [-0.15, -0.1) is 0 Å². The number of likely N-dealkylation sites (tertiary alicyclic amines) is 1. The lowest BCUT2D eigenvalue weighted by Gasteiger charge is -2.16. The number of aryl methyl sites for hydroxylation is 1. The molecule has 116 valence electrons. The molecule has 0 saturated carbocycles. The third-order valence-electron chi connectivity index (χ3n) is 4.11. The average molecular weight is 300 g/mol. The van der Waals surface area contributed by atoms with Gasteiger partial charge in [-0.2, -0.15) is 5.10 Å². The smallest absolute Gasteiger partial charge is 0.404 e. The van der Waals surface area contributed by atoms with Gasteiger partial charge in [-0.25, -0.2) is 4.79 Å². The summed E-state index contributed by atoms with van der Waals surface area (Å²) in [7, 11) is 1.87. The zero-order valence-corrected chi connectivity index (χ0v) is 12.5. The standard InChI is InChI=1S/C16H20N4O2/c1-19-9-13(7-17-19)14-10-20(11-15(14)18-16(21)22)8-12-5-3-2-4-6-12/h2-7,9,14-15,18H,8,10-11H2,1H3,(H,21,22)/t14-,15+/m0/s1. The van der Waals surface area contributed by atoms with Crippen molar-refractivity contribution in [1.29, 1.82) is 0 Å². The Morgan fingerprint density at radius 1 is 1.36 bits per heavy atom. The number of nitrogens with one attached hydrogen (secondary N) is 1. The Bertz CT molecular complexity index is 641. The summed E-state index contributed by atoms with van der Waals surface area (Å²) in [6, 6.07) is 10.1. The summed E-state index contributed by atoms with van der Waals surface area (Å²) in [5.74, 6) is 0.133. The Morgan fingerprint density at radius 3 is 2.77 bits per heavy atom. The molecular formula is C16H20N4O2. The molecule has 1 fully saturated rings. The first kappa shape index (κ1) is 14.6. The number of nitrogens with zero attached hydrogens (tertiary/aromatic N) is 3. The van der Waals surface area contributed by atoms with Gasteiger partial charge in [-0.3, -0.25) is 9.58 Å². The number of carbonyl (C=O) groups is 1. The maximum absolute atomic E-state index is 11.1. The van der Waals surface area contributed by atoms with Crippen LogP contribution in [0.4, 0.5) is 4.79 Å². The fraction of sp³-hybridized carbons (Fsp3) is 0.375. The summed E-state index contributed by atoms with van der Waals surface area (Å²) in [6.45, 7) is 2.36. The third kappa shape index (κ3) is 3.28. The first-order chi connectivity index (χ1) is 10.6. The van der Waals surface area contributed by atoms with Gasteiger partial charge in [0.25, 0.3) is 0 Å². The van der Waals surface area contributed by atoms with Crippen molar-refractivity contribution in [1.82, 2.24) is 20.0 Å². The van der Waals surface area contributed by atoms with E-state index in [4.69, 9.17) is 5.11 Å². The minimum Gasteiger partial charge on any atom is -0.465 e. The molecule has 0 aliphatic carbocycles. The van der Waals surface area contributed by atoms with E-state index in [0.29, 0.717) is 6.54 Å². The number of aromatic nitrogens is 2. The second-order valence-corrected chi connectivity index (χ2v) is 5.79. The lowest BCUT2D eigenvalue weighted by molar-refractivity contribution is 0.188. The molecule has 22 heavy (non-hydrogen) atoms. The average Bonchev–Trinajstić information content (AvgIpc) is 3.06. The van der Waals surface area contributed by atoms with Crippen LogP contribution in [0.3, 0.4) is 0 Å². The fourth-order valence-corrected chi connectivity index (χ4v) is 3.13. The minimum atomic E-state index is -0.972. The number of rotatable bonds is 4. The van der Waals surface area contributed by atoms with Crippen LogP contribution < -0.4 is 5.32 Å². The van der Waals surface area contributed by atoms with Gasteiger partial charge in [0.15, 0.2) is 0 Å².